The van der Waals surface area contributed by atoms with Gasteiger partial charge in [0.15, 0.2) is 0 Å². The second-order valence-corrected chi connectivity index (χ2v) is 6.19. The molecule has 2 rings (SSSR count). The maximum Gasteiger partial charge on any atom is 0.0232 e. The van der Waals surface area contributed by atoms with Crippen molar-refractivity contribution >= 4 is 33.3 Å². The Morgan fingerprint density at radius 2 is 1.89 bits per heavy atom. The van der Waals surface area contributed by atoms with Crippen molar-refractivity contribution in [2.75, 3.05) is 0 Å². The second kappa shape index (κ2) is 6.26. The van der Waals surface area contributed by atoms with E-state index in [9.17, 15) is 0 Å². The van der Waals surface area contributed by atoms with Gasteiger partial charge in [0.05, 0.1) is 0 Å². The smallest absolute Gasteiger partial charge is 0.0232 e. The summed E-state index contributed by atoms with van der Waals surface area (Å²) in [5, 5.41) is 0. The third-order valence-electron chi connectivity index (χ3n) is 2.65. The number of allylic oxidation sites excluding steroid dienone is 1. The van der Waals surface area contributed by atoms with E-state index >= 15 is 0 Å². The molecule has 0 fully saturated rings. The van der Waals surface area contributed by atoms with Gasteiger partial charge in [0.1, 0.15) is 0 Å². The largest absolute Gasteiger partial charge is 0.121 e. The third-order valence-corrected chi connectivity index (χ3v) is 4.21. The average Bonchev–Trinajstić information content (AvgIpc) is 2.37. The van der Waals surface area contributed by atoms with Gasteiger partial charge >= 0.3 is 0 Å². The highest BCUT2D eigenvalue weighted by Crippen LogP contribution is 2.25. The van der Waals surface area contributed by atoms with Gasteiger partial charge in [-0.3, -0.25) is 0 Å². The normalized spacial score (nSPS) is 10.3. The van der Waals surface area contributed by atoms with E-state index in [0.29, 0.717) is 0 Å². The standard InChI is InChI=1S/C16H15BrS/c1-12(2)14-8-6-13(7-9-14)11-18-16-5-3-4-15(17)10-16/h3-10H,1,11H2,2H3. The minimum absolute atomic E-state index is 0.993. The molecule has 0 heterocycles. The predicted octanol–water partition coefficient (Wildman–Crippen LogP) is 5.77. The van der Waals surface area contributed by atoms with Crippen molar-refractivity contribution in [3.8, 4) is 0 Å². The predicted molar refractivity (Wildman–Crippen MR) is 84.9 cm³/mol. The zero-order valence-electron chi connectivity index (χ0n) is 10.3. The molecule has 0 aromatic heterocycles. The summed E-state index contributed by atoms with van der Waals surface area (Å²) >= 11 is 5.34. The Hall–Kier alpha value is -0.990. The number of benzene rings is 2. The van der Waals surface area contributed by atoms with Crippen LogP contribution in [0.2, 0.25) is 0 Å². The van der Waals surface area contributed by atoms with Crippen molar-refractivity contribution in [3.63, 3.8) is 0 Å². The molecule has 92 valence electrons. The molecule has 0 unspecified atom stereocenters. The molecule has 2 heteroatoms. The number of rotatable bonds is 4. The molecule has 0 radical (unpaired) electrons. The summed E-state index contributed by atoms with van der Waals surface area (Å²) in [5.41, 5.74) is 3.66. The highest BCUT2D eigenvalue weighted by atomic mass is 79.9. The van der Waals surface area contributed by atoms with Crippen LogP contribution in [0, 0.1) is 0 Å². The van der Waals surface area contributed by atoms with E-state index in [1.165, 1.54) is 16.0 Å². The van der Waals surface area contributed by atoms with Crippen LogP contribution in [0.3, 0.4) is 0 Å². The molecule has 0 bridgehead atoms. The minimum Gasteiger partial charge on any atom is -0.121 e. The summed E-state index contributed by atoms with van der Waals surface area (Å²) < 4.78 is 1.13. The summed E-state index contributed by atoms with van der Waals surface area (Å²) in [6.07, 6.45) is 0. The molecule has 0 aliphatic carbocycles. The van der Waals surface area contributed by atoms with Gasteiger partial charge in [-0.2, -0.15) is 0 Å². The van der Waals surface area contributed by atoms with Crippen LogP contribution < -0.4 is 0 Å². The van der Waals surface area contributed by atoms with Gasteiger partial charge in [-0.05, 0) is 36.2 Å². The van der Waals surface area contributed by atoms with Gasteiger partial charge in [0.25, 0.3) is 0 Å². The first kappa shape index (κ1) is 13.4. The lowest BCUT2D eigenvalue weighted by molar-refractivity contribution is 1.36. The van der Waals surface area contributed by atoms with Crippen LogP contribution in [0.25, 0.3) is 5.57 Å². The van der Waals surface area contributed by atoms with E-state index in [2.05, 4.69) is 65.0 Å². The molecule has 18 heavy (non-hydrogen) atoms. The molecule has 2 aromatic carbocycles. The highest BCUT2D eigenvalue weighted by Gasteiger charge is 1.98. The van der Waals surface area contributed by atoms with Crippen LogP contribution >= 0.6 is 27.7 Å². The lowest BCUT2D eigenvalue weighted by Gasteiger charge is -2.04. The number of hydrogen-bond donors (Lipinski definition) is 0. The van der Waals surface area contributed by atoms with E-state index in [0.717, 1.165) is 15.8 Å². The summed E-state index contributed by atoms with van der Waals surface area (Å²) in [5.74, 6) is 0.993. The van der Waals surface area contributed by atoms with Gasteiger partial charge in [0.2, 0.25) is 0 Å². The first-order valence-electron chi connectivity index (χ1n) is 5.78. The van der Waals surface area contributed by atoms with Crippen molar-refractivity contribution in [2.45, 2.75) is 17.6 Å². The Labute approximate surface area is 121 Å². The van der Waals surface area contributed by atoms with Crippen molar-refractivity contribution in [3.05, 3.63) is 70.7 Å². The van der Waals surface area contributed by atoms with Crippen molar-refractivity contribution in [1.82, 2.24) is 0 Å². The van der Waals surface area contributed by atoms with Gasteiger partial charge < -0.3 is 0 Å². The van der Waals surface area contributed by atoms with Gasteiger partial charge in [-0.25, -0.2) is 0 Å². The maximum absolute atomic E-state index is 3.95. The van der Waals surface area contributed by atoms with E-state index in [-0.39, 0.29) is 0 Å². The Kier molecular flexibility index (Phi) is 4.67. The third kappa shape index (κ3) is 3.76. The summed E-state index contributed by atoms with van der Waals surface area (Å²) in [4.78, 5) is 1.29. The van der Waals surface area contributed by atoms with Gasteiger partial charge in [0, 0.05) is 15.1 Å². The Balaban J connectivity index is 2.00. The molecule has 0 aliphatic heterocycles. The van der Waals surface area contributed by atoms with Crippen molar-refractivity contribution in [2.24, 2.45) is 0 Å². The minimum atomic E-state index is 0.993. The quantitative estimate of drug-likeness (QED) is 0.644. The molecule has 0 saturated carbocycles. The molecule has 2 aromatic rings. The Bertz CT molecular complexity index is 543. The van der Waals surface area contributed by atoms with Crippen LogP contribution in [0.5, 0.6) is 0 Å². The van der Waals surface area contributed by atoms with Crippen LogP contribution in [-0.4, -0.2) is 0 Å². The molecule has 0 saturated heterocycles. The maximum atomic E-state index is 3.95. The highest BCUT2D eigenvalue weighted by molar-refractivity contribution is 9.10. The van der Waals surface area contributed by atoms with E-state index in [4.69, 9.17) is 0 Å². The van der Waals surface area contributed by atoms with Crippen molar-refractivity contribution < 1.29 is 0 Å². The average molecular weight is 319 g/mol. The summed E-state index contributed by atoms with van der Waals surface area (Å²) in [7, 11) is 0. The molecular weight excluding hydrogens is 304 g/mol. The monoisotopic (exact) mass is 318 g/mol. The van der Waals surface area contributed by atoms with E-state index in [1.807, 2.05) is 24.8 Å². The molecule has 0 atom stereocenters. The van der Waals surface area contributed by atoms with Crippen LogP contribution in [0.4, 0.5) is 0 Å². The fourth-order valence-electron chi connectivity index (χ4n) is 1.61. The van der Waals surface area contributed by atoms with E-state index in [1.54, 1.807) is 0 Å². The Morgan fingerprint density at radius 3 is 2.50 bits per heavy atom. The molecule has 0 nitrogen and oxygen atoms in total. The van der Waals surface area contributed by atoms with Gasteiger partial charge in [-0.1, -0.05) is 58.4 Å². The molecule has 0 aliphatic rings. The van der Waals surface area contributed by atoms with Gasteiger partial charge in [-0.15, -0.1) is 11.8 Å². The zero-order valence-corrected chi connectivity index (χ0v) is 12.7. The van der Waals surface area contributed by atoms with E-state index < -0.39 is 0 Å². The number of hydrogen-bond acceptors (Lipinski definition) is 1. The molecular formula is C16H15BrS. The lowest BCUT2D eigenvalue weighted by atomic mass is 10.1. The molecule has 0 spiro atoms. The van der Waals surface area contributed by atoms with Crippen LogP contribution in [0.15, 0.2) is 64.5 Å². The lowest BCUT2D eigenvalue weighted by Crippen LogP contribution is -1.83. The fourth-order valence-corrected chi connectivity index (χ4v) is 3.07. The first-order chi connectivity index (χ1) is 8.65. The molecule has 0 N–H and O–H groups in total. The SMILES string of the molecule is C=C(C)c1ccc(CSc2cccc(Br)c2)cc1. The second-order valence-electron chi connectivity index (χ2n) is 4.22. The topological polar surface area (TPSA) is 0 Å². The van der Waals surface area contributed by atoms with Crippen LogP contribution in [0.1, 0.15) is 18.1 Å². The van der Waals surface area contributed by atoms with Crippen LogP contribution in [-0.2, 0) is 5.75 Å². The summed E-state index contributed by atoms with van der Waals surface area (Å²) in [6.45, 7) is 5.98. The zero-order chi connectivity index (χ0) is 13.0. The Morgan fingerprint density at radius 1 is 1.17 bits per heavy atom. The first-order valence-corrected chi connectivity index (χ1v) is 7.56. The summed E-state index contributed by atoms with van der Waals surface area (Å²) in [6, 6.07) is 17.0. The van der Waals surface area contributed by atoms with Crippen molar-refractivity contribution in [1.29, 1.82) is 0 Å². The fraction of sp³-hybridized carbons (Fsp3) is 0.125. The number of halogens is 1. The number of thioether (sulfide) groups is 1. The molecule has 0 amide bonds.